The van der Waals surface area contributed by atoms with Gasteiger partial charge in [-0.15, -0.1) is 0 Å². The predicted octanol–water partition coefficient (Wildman–Crippen LogP) is 6.49. The van der Waals surface area contributed by atoms with Crippen molar-refractivity contribution in [3.8, 4) is 5.75 Å². The molecule has 0 radical (unpaired) electrons. The van der Waals surface area contributed by atoms with Crippen LogP contribution in [0.25, 0.3) is 0 Å². The summed E-state index contributed by atoms with van der Waals surface area (Å²) in [4.78, 5) is 23.5. The van der Waals surface area contributed by atoms with Crippen LogP contribution < -0.4 is 9.46 Å². The summed E-state index contributed by atoms with van der Waals surface area (Å²) in [6.07, 6.45) is -2.33. The molecule has 1 aliphatic heterocycles. The van der Waals surface area contributed by atoms with Crippen molar-refractivity contribution < 1.29 is 45.4 Å². The quantitative estimate of drug-likeness (QED) is 0.307. The Labute approximate surface area is 254 Å². The van der Waals surface area contributed by atoms with Crippen molar-refractivity contribution in [2.75, 3.05) is 19.7 Å². The Morgan fingerprint density at radius 2 is 1.60 bits per heavy atom. The topological polar surface area (TPSA) is 113 Å². The smallest absolute Gasteiger partial charge is 0.490 e. The van der Waals surface area contributed by atoms with Crippen LogP contribution >= 0.6 is 34.8 Å². The number of carboxylic acid groups (broad SMARTS) is 1. The summed E-state index contributed by atoms with van der Waals surface area (Å²) in [6.45, 7) is 4.19. The van der Waals surface area contributed by atoms with E-state index in [0.29, 0.717) is 29.5 Å². The molecule has 16 heteroatoms. The summed E-state index contributed by atoms with van der Waals surface area (Å²) in [5.74, 6) is -4.31. The molecule has 0 bridgehead atoms. The number of nitrogens with one attached hydrogen (secondary N) is 1. The average Bonchev–Trinajstić information content (AvgIpc) is 3.74. The van der Waals surface area contributed by atoms with E-state index in [1.54, 1.807) is 6.07 Å². The first-order valence-electron chi connectivity index (χ1n) is 12.7. The van der Waals surface area contributed by atoms with E-state index >= 15 is 0 Å². The Morgan fingerprint density at radius 3 is 2.10 bits per heavy atom. The highest BCUT2D eigenvalue weighted by Gasteiger charge is 2.38. The minimum absolute atomic E-state index is 0.0456. The van der Waals surface area contributed by atoms with Crippen LogP contribution in [-0.2, 0) is 14.8 Å². The molecule has 0 aromatic heterocycles. The van der Waals surface area contributed by atoms with Gasteiger partial charge in [0.25, 0.3) is 5.91 Å². The van der Waals surface area contributed by atoms with Gasteiger partial charge in [0.1, 0.15) is 11.6 Å². The summed E-state index contributed by atoms with van der Waals surface area (Å²) >= 11 is 18.5. The van der Waals surface area contributed by atoms with E-state index in [-0.39, 0.29) is 22.7 Å². The first kappa shape index (κ1) is 34.2. The minimum atomic E-state index is -5.08. The van der Waals surface area contributed by atoms with Gasteiger partial charge in [-0.2, -0.15) is 13.2 Å². The number of benzene rings is 2. The number of amides is 1. The lowest BCUT2D eigenvalue weighted by Crippen LogP contribution is -2.37. The Bertz CT molecular complexity index is 1400. The summed E-state index contributed by atoms with van der Waals surface area (Å²) in [5.41, 5.74) is 0.628. The van der Waals surface area contributed by atoms with Crippen LogP contribution in [0.5, 0.6) is 5.75 Å². The molecule has 42 heavy (non-hydrogen) atoms. The molecule has 4 rings (SSSR count). The standard InChI is InChI=1S/C24H26Cl3FN2O4S.C2HF3O2/c1-14(16-8-17(25)10-18(26)9-16)30-6-4-15(5-7-30)13-34-23-12-22(28)20(11-21(23)27)24(31)29-35(32,33)19-2-3-19;3-2(4,5)1(6)7/h8-12,14-15,19H,2-7,13H2,1H3,(H,29,31);(H,6,7). The normalized spacial score (nSPS) is 17.1. The number of hydrogen-bond donors (Lipinski definition) is 2. The molecule has 8 nitrogen and oxygen atoms in total. The van der Waals surface area contributed by atoms with Crippen molar-refractivity contribution >= 4 is 56.7 Å². The second-order valence-corrected chi connectivity index (χ2v) is 13.2. The van der Waals surface area contributed by atoms with Crippen LogP contribution in [0.1, 0.15) is 54.6 Å². The van der Waals surface area contributed by atoms with Crippen LogP contribution in [0, 0.1) is 11.7 Å². The number of likely N-dealkylation sites (tertiary alicyclic amines) is 1. The van der Waals surface area contributed by atoms with E-state index in [0.717, 1.165) is 43.6 Å². The van der Waals surface area contributed by atoms with Crippen LogP contribution in [0.2, 0.25) is 15.1 Å². The van der Waals surface area contributed by atoms with Gasteiger partial charge in [0.2, 0.25) is 10.0 Å². The molecule has 232 valence electrons. The average molecular weight is 678 g/mol. The van der Waals surface area contributed by atoms with Crippen molar-refractivity contribution in [3.05, 3.63) is 62.3 Å². The fourth-order valence-electron chi connectivity index (χ4n) is 4.20. The number of carbonyl (C=O) groups excluding carboxylic acids is 1. The molecule has 1 saturated carbocycles. The first-order valence-corrected chi connectivity index (χ1v) is 15.3. The Balaban J connectivity index is 0.000000616. The van der Waals surface area contributed by atoms with E-state index in [4.69, 9.17) is 49.4 Å². The molecule has 1 atom stereocenters. The number of hydrogen-bond acceptors (Lipinski definition) is 6. The van der Waals surface area contributed by atoms with Gasteiger partial charge in [-0.25, -0.2) is 22.3 Å². The fraction of sp³-hybridized carbons (Fsp3) is 0.462. The first-order chi connectivity index (χ1) is 19.5. The SMILES string of the molecule is CC(c1cc(Cl)cc(Cl)c1)N1CCC(COc2cc(F)c(C(=O)NS(=O)(=O)C3CC3)cc2Cl)CC1.O=C(O)C(F)(F)F. The largest absolute Gasteiger partial charge is 0.492 e. The van der Waals surface area contributed by atoms with Crippen molar-refractivity contribution in [2.24, 2.45) is 5.92 Å². The second-order valence-electron chi connectivity index (χ2n) is 9.91. The molecule has 2 aromatic carbocycles. The highest BCUT2D eigenvalue weighted by molar-refractivity contribution is 7.91. The van der Waals surface area contributed by atoms with Crippen LogP contribution in [-0.4, -0.2) is 61.4 Å². The number of piperidine rings is 1. The maximum absolute atomic E-state index is 14.6. The molecular weight excluding hydrogens is 651 g/mol. The zero-order valence-electron chi connectivity index (χ0n) is 22.1. The second kappa shape index (κ2) is 14.0. The van der Waals surface area contributed by atoms with E-state index < -0.39 is 44.7 Å². The zero-order chi connectivity index (χ0) is 31.4. The molecular formula is C26H27Cl3F4N2O6S. The van der Waals surface area contributed by atoms with Crippen LogP contribution in [0.15, 0.2) is 30.3 Å². The maximum atomic E-state index is 14.6. The van der Waals surface area contributed by atoms with Crippen LogP contribution in [0.4, 0.5) is 17.6 Å². The van der Waals surface area contributed by atoms with Crippen molar-refractivity contribution in [1.29, 1.82) is 0 Å². The molecule has 2 aromatic rings. The van der Waals surface area contributed by atoms with E-state index in [1.165, 1.54) is 0 Å². The Hall–Kier alpha value is -2.32. The monoisotopic (exact) mass is 676 g/mol. The molecule has 1 aliphatic carbocycles. The van der Waals surface area contributed by atoms with Crippen LogP contribution in [0.3, 0.4) is 0 Å². The maximum Gasteiger partial charge on any atom is 0.490 e. The van der Waals surface area contributed by atoms with E-state index in [1.807, 2.05) is 16.9 Å². The lowest BCUT2D eigenvalue weighted by Gasteiger charge is -2.36. The van der Waals surface area contributed by atoms with E-state index in [9.17, 15) is 30.8 Å². The van der Waals surface area contributed by atoms with Gasteiger partial charge < -0.3 is 9.84 Å². The van der Waals surface area contributed by atoms with Gasteiger partial charge in [0.15, 0.2) is 0 Å². The highest BCUT2D eigenvalue weighted by Crippen LogP contribution is 2.33. The number of rotatable bonds is 8. The number of sulfonamides is 1. The molecule has 1 saturated heterocycles. The summed E-state index contributed by atoms with van der Waals surface area (Å²) in [6, 6.07) is 7.86. The number of nitrogens with zero attached hydrogens (tertiary/aromatic N) is 1. The van der Waals surface area contributed by atoms with Crippen molar-refractivity contribution in [3.63, 3.8) is 0 Å². The van der Waals surface area contributed by atoms with Gasteiger partial charge in [-0.1, -0.05) is 34.8 Å². The molecule has 1 heterocycles. The summed E-state index contributed by atoms with van der Waals surface area (Å²) in [7, 11) is -3.79. The number of halogens is 7. The zero-order valence-corrected chi connectivity index (χ0v) is 25.1. The number of ether oxygens (including phenoxy) is 1. The highest BCUT2D eigenvalue weighted by atomic mass is 35.5. The predicted molar refractivity (Wildman–Crippen MR) is 149 cm³/mol. The lowest BCUT2D eigenvalue weighted by atomic mass is 9.95. The third-order valence-electron chi connectivity index (χ3n) is 6.75. The van der Waals surface area contributed by atoms with Gasteiger partial charge >= 0.3 is 12.1 Å². The Kier molecular flexibility index (Phi) is 11.4. The molecule has 1 amide bonds. The number of carboxylic acids is 1. The number of alkyl halides is 3. The van der Waals surface area contributed by atoms with Gasteiger partial charge in [-0.3, -0.25) is 9.69 Å². The Morgan fingerprint density at radius 1 is 1.05 bits per heavy atom. The van der Waals surface area contributed by atoms with Gasteiger partial charge in [0.05, 0.1) is 22.4 Å². The molecule has 2 fully saturated rings. The van der Waals surface area contributed by atoms with Gasteiger partial charge in [0, 0.05) is 22.2 Å². The third kappa shape index (κ3) is 9.60. The molecule has 2 aliphatic rings. The molecule has 1 unspecified atom stereocenters. The van der Waals surface area contributed by atoms with Crippen molar-refractivity contribution in [2.45, 2.75) is 50.1 Å². The molecule has 2 N–H and O–H groups in total. The number of aliphatic carboxylic acids is 1. The van der Waals surface area contributed by atoms with Crippen molar-refractivity contribution in [1.82, 2.24) is 9.62 Å². The van der Waals surface area contributed by atoms with E-state index in [2.05, 4.69) is 11.8 Å². The molecule has 0 spiro atoms. The van der Waals surface area contributed by atoms with Gasteiger partial charge in [-0.05, 0) is 81.4 Å². The number of carbonyl (C=O) groups is 2. The lowest BCUT2D eigenvalue weighted by molar-refractivity contribution is -0.192. The summed E-state index contributed by atoms with van der Waals surface area (Å²) < 4.78 is 77.9. The fourth-order valence-corrected chi connectivity index (χ4v) is 6.25. The summed E-state index contributed by atoms with van der Waals surface area (Å²) in [5, 5.41) is 7.80. The minimum Gasteiger partial charge on any atom is -0.492 e. The third-order valence-corrected chi connectivity index (χ3v) is 9.30.